The quantitative estimate of drug-likeness (QED) is 0.663. The highest BCUT2D eigenvalue weighted by atomic mass is 35.5. The van der Waals surface area contributed by atoms with Crippen molar-refractivity contribution >= 4 is 34.3 Å². The van der Waals surface area contributed by atoms with Gasteiger partial charge >= 0.3 is 0 Å². The van der Waals surface area contributed by atoms with Crippen molar-refractivity contribution in [2.75, 3.05) is 5.43 Å². The van der Waals surface area contributed by atoms with Crippen LogP contribution in [-0.2, 0) is 0 Å². The maximum absolute atomic E-state index is 5.85. The zero-order chi connectivity index (χ0) is 12.8. The summed E-state index contributed by atoms with van der Waals surface area (Å²) in [6.45, 7) is 1.94. The standard InChI is InChI=1S/C13H12ClN3S/c1-2-3-8-15-17-13-16-12(9-18-13)10-4-6-11(14)7-5-10/h2-9H,1H3,(H,16,17)/b3-2+,15-8+. The molecule has 0 fully saturated rings. The first-order valence-electron chi connectivity index (χ1n) is 5.41. The van der Waals surface area contributed by atoms with Gasteiger partial charge in [-0.15, -0.1) is 11.3 Å². The minimum Gasteiger partial charge on any atom is -0.253 e. The van der Waals surface area contributed by atoms with Crippen molar-refractivity contribution in [2.24, 2.45) is 5.10 Å². The second-order valence-electron chi connectivity index (χ2n) is 3.46. The number of nitrogens with one attached hydrogen (secondary N) is 1. The molecule has 3 nitrogen and oxygen atoms in total. The van der Waals surface area contributed by atoms with Crippen LogP contribution in [0.2, 0.25) is 5.02 Å². The van der Waals surface area contributed by atoms with E-state index in [0.29, 0.717) is 0 Å². The average Bonchev–Trinajstić information content (AvgIpc) is 2.84. The van der Waals surface area contributed by atoms with Crippen molar-refractivity contribution in [3.63, 3.8) is 0 Å². The fraction of sp³-hybridized carbons (Fsp3) is 0.0769. The highest BCUT2D eigenvalue weighted by molar-refractivity contribution is 7.14. The summed E-state index contributed by atoms with van der Waals surface area (Å²) in [6, 6.07) is 7.61. The average molecular weight is 278 g/mol. The second-order valence-corrected chi connectivity index (χ2v) is 4.76. The van der Waals surface area contributed by atoms with Crippen LogP contribution in [-0.4, -0.2) is 11.2 Å². The Morgan fingerprint density at radius 3 is 2.83 bits per heavy atom. The van der Waals surface area contributed by atoms with E-state index < -0.39 is 0 Å². The van der Waals surface area contributed by atoms with Crippen LogP contribution in [0.3, 0.4) is 0 Å². The van der Waals surface area contributed by atoms with Gasteiger partial charge in [-0.2, -0.15) is 5.10 Å². The molecule has 0 aliphatic heterocycles. The van der Waals surface area contributed by atoms with Crippen LogP contribution in [0, 0.1) is 0 Å². The molecule has 5 heteroatoms. The van der Waals surface area contributed by atoms with Crippen LogP contribution < -0.4 is 5.43 Å². The summed E-state index contributed by atoms with van der Waals surface area (Å²) in [5.41, 5.74) is 4.84. The number of halogens is 1. The summed E-state index contributed by atoms with van der Waals surface area (Å²) in [5.74, 6) is 0. The van der Waals surface area contributed by atoms with Gasteiger partial charge in [-0.05, 0) is 25.1 Å². The third kappa shape index (κ3) is 3.42. The van der Waals surface area contributed by atoms with Crippen molar-refractivity contribution in [3.8, 4) is 11.3 Å². The summed E-state index contributed by atoms with van der Waals surface area (Å²) in [7, 11) is 0. The normalized spacial score (nSPS) is 11.4. The van der Waals surface area contributed by atoms with Gasteiger partial charge in [0, 0.05) is 22.2 Å². The highest BCUT2D eigenvalue weighted by Gasteiger charge is 2.03. The van der Waals surface area contributed by atoms with Crippen molar-refractivity contribution in [3.05, 3.63) is 46.8 Å². The van der Waals surface area contributed by atoms with Gasteiger partial charge in [-0.1, -0.05) is 29.8 Å². The monoisotopic (exact) mass is 277 g/mol. The first kappa shape index (κ1) is 12.8. The Bertz CT molecular complexity index is 558. The first-order valence-corrected chi connectivity index (χ1v) is 6.67. The van der Waals surface area contributed by atoms with E-state index in [1.165, 1.54) is 11.3 Å². The van der Waals surface area contributed by atoms with E-state index >= 15 is 0 Å². The number of anilines is 1. The van der Waals surface area contributed by atoms with E-state index in [-0.39, 0.29) is 0 Å². The van der Waals surface area contributed by atoms with Gasteiger partial charge in [0.25, 0.3) is 0 Å². The maximum atomic E-state index is 5.85. The Morgan fingerprint density at radius 1 is 1.33 bits per heavy atom. The molecule has 0 amide bonds. The van der Waals surface area contributed by atoms with E-state index in [1.54, 1.807) is 6.21 Å². The predicted molar refractivity (Wildman–Crippen MR) is 79.5 cm³/mol. The van der Waals surface area contributed by atoms with Crippen molar-refractivity contribution in [1.29, 1.82) is 0 Å². The van der Waals surface area contributed by atoms with Crippen LogP contribution in [0.25, 0.3) is 11.3 Å². The largest absolute Gasteiger partial charge is 0.253 e. The number of nitrogens with zero attached hydrogens (tertiary/aromatic N) is 2. The lowest BCUT2D eigenvalue weighted by Crippen LogP contribution is -1.87. The minimum atomic E-state index is 0.725. The lowest BCUT2D eigenvalue weighted by Gasteiger charge is -1.96. The van der Waals surface area contributed by atoms with Gasteiger partial charge in [0.05, 0.1) is 5.69 Å². The maximum Gasteiger partial charge on any atom is 0.203 e. The third-order valence-corrected chi connectivity index (χ3v) is 3.16. The van der Waals surface area contributed by atoms with Crippen molar-refractivity contribution < 1.29 is 0 Å². The van der Waals surface area contributed by atoms with E-state index in [4.69, 9.17) is 11.6 Å². The number of hydrazone groups is 1. The lowest BCUT2D eigenvalue weighted by molar-refractivity contribution is 1.29. The molecule has 0 aliphatic carbocycles. The Balaban J connectivity index is 2.08. The fourth-order valence-electron chi connectivity index (χ4n) is 1.30. The Hall–Kier alpha value is -1.65. The van der Waals surface area contributed by atoms with Gasteiger partial charge in [0.1, 0.15) is 0 Å². The molecule has 0 spiro atoms. The molecular weight excluding hydrogens is 266 g/mol. The molecule has 1 aromatic carbocycles. The smallest absolute Gasteiger partial charge is 0.203 e. The van der Waals surface area contributed by atoms with E-state index in [1.807, 2.05) is 48.7 Å². The van der Waals surface area contributed by atoms with Gasteiger partial charge < -0.3 is 0 Å². The van der Waals surface area contributed by atoms with Crippen LogP contribution >= 0.6 is 22.9 Å². The number of thiazole rings is 1. The number of hydrogen-bond donors (Lipinski definition) is 1. The van der Waals surface area contributed by atoms with Crippen LogP contribution in [0.1, 0.15) is 6.92 Å². The topological polar surface area (TPSA) is 37.3 Å². The molecule has 0 unspecified atom stereocenters. The summed E-state index contributed by atoms with van der Waals surface area (Å²) >= 11 is 7.36. The van der Waals surface area contributed by atoms with Gasteiger partial charge in [-0.3, -0.25) is 5.43 Å². The molecule has 0 aliphatic rings. The van der Waals surface area contributed by atoms with Crippen LogP contribution in [0.4, 0.5) is 5.13 Å². The molecule has 0 atom stereocenters. The Labute approximate surface area is 115 Å². The van der Waals surface area contributed by atoms with Gasteiger partial charge in [0.15, 0.2) is 0 Å². The molecule has 2 rings (SSSR count). The van der Waals surface area contributed by atoms with Crippen molar-refractivity contribution in [1.82, 2.24) is 4.98 Å². The molecule has 0 bridgehead atoms. The molecular formula is C13H12ClN3S. The van der Waals surface area contributed by atoms with E-state index in [9.17, 15) is 0 Å². The van der Waals surface area contributed by atoms with Crippen molar-refractivity contribution in [2.45, 2.75) is 6.92 Å². The molecule has 1 aromatic heterocycles. The number of allylic oxidation sites excluding steroid dienone is 2. The summed E-state index contributed by atoms with van der Waals surface area (Å²) in [4.78, 5) is 4.43. The van der Waals surface area contributed by atoms with E-state index in [0.717, 1.165) is 21.4 Å². The fourth-order valence-corrected chi connectivity index (χ4v) is 2.09. The number of aromatic nitrogens is 1. The Morgan fingerprint density at radius 2 is 2.11 bits per heavy atom. The predicted octanol–water partition coefficient (Wildman–Crippen LogP) is 4.44. The van der Waals surface area contributed by atoms with Gasteiger partial charge in [-0.25, -0.2) is 4.98 Å². The third-order valence-electron chi connectivity index (χ3n) is 2.16. The minimum absolute atomic E-state index is 0.725. The summed E-state index contributed by atoms with van der Waals surface area (Å²) in [5, 5.41) is 7.49. The van der Waals surface area contributed by atoms with Crippen LogP contribution in [0.5, 0.6) is 0 Å². The van der Waals surface area contributed by atoms with Gasteiger partial charge in [0.2, 0.25) is 5.13 Å². The lowest BCUT2D eigenvalue weighted by atomic mass is 10.2. The second kappa shape index (κ2) is 6.33. The molecule has 0 saturated carbocycles. The molecule has 18 heavy (non-hydrogen) atoms. The molecule has 92 valence electrons. The zero-order valence-electron chi connectivity index (χ0n) is 9.80. The SMILES string of the molecule is C/C=C/C=N/Nc1nc(-c2ccc(Cl)cc2)cs1. The first-order chi connectivity index (χ1) is 8.79. The molecule has 0 radical (unpaired) electrons. The number of benzene rings is 1. The zero-order valence-corrected chi connectivity index (χ0v) is 11.4. The number of hydrogen-bond acceptors (Lipinski definition) is 4. The molecule has 0 saturated heterocycles. The highest BCUT2D eigenvalue weighted by Crippen LogP contribution is 2.25. The molecule has 1 heterocycles. The number of rotatable bonds is 4. The van der Waals surface area contributed by atoms with E-state index in [2.05, 4.69) is 15.5 Å². The summed E-state index contributed by atoms with van der Waals surface area (Å²) < 4.78 is 0. The summed E-state index contributed by atoms with van der Waals surface area (Å²) in [6.07, 6.45) is 5.44. The molecule has 1 N–H and O–H groups in total. The molecule has 2 aromatic rings. The Kier molecular flexibility index (Phi) is 4.50. The van der Waals surface area contributed by atoms with Crippen LogP contribution in [0.15, 0.2) is 46.9 Å².